The Morgan fingerprint density at radius 3 is 2.59 bits per heavy atom. The Bertz CT molecular complexity index is 475. The zero-order valence-corrected chi connectivity index (χ0v) is 16.7. The van der Waals surface area contributed by atoms with Gasteiger partial charge in [-0.3, -0.25) is 0 Å². The third-order valence-electron chi connectivity index (χ3n) is 3.24. The first-order valence-corrected chi connectivity index (χ1v) is 7.72. The Kier molecular flexibility index (Phi) is 10.2. The smallest absolute Gasteiger partial charge is 0.188 e. The summed E-state index contributed by atoms with van der Waals surface area (Å²) < 4.78 is 5.98. The summed E-state index contributed by atoms with van der Waals surface area (Å²) >= 11 is 0. The van der Waals surface area contributed by atoms with Gasteiger partial charge in [0.2, 0.25) is 0 Å². The van der Waals surface area contributed by atoms with Crippen LogP contribution in [-0.4, -0.2) is 18.6 Å². The van der Waals surface area contributed by atoms with Gasteiger partial charge in [-0.25, -0.2) is 4.99 Å². The van der Waals surface area contributed by atoms with Gasteiger partial charge in [0.15, 0.2) is 5.96 Å². The molecule has 1 atom stereocenters. The van der Waals surface area contributed by atoms with Crippen molar-refractivity contribution in [2.24, 2.45) is 16.6 Å². The SMILES string of the molecule is CCC(C)Oc1cc(C)ccc1CN=C(N)NCC(C)C.I. The summed E-state index contributed by atoms with van der Waals surface area (Å²) in [7, 11) is 0. The molecule has 1 aromatic carbocycles. The van der Waals surface area contributed by atoms with Gasteiger partial charge >= 0.3 is 0 Å². The molecule has 0 bridgehead atoms. The number of nitrogens with one attached hydrogen (secondary N) is 1. The lowest BCUT2D eigenvalue weighted by atomic mass is 10.1. The maximum atomic E-state index is 5.98. The third kappa shape index (κ3) is 7.87. The molecule has 0 saturated carbocycles. The van der Waals surface area contributed by atoms with Gasteiger partial charge in [0.05, 0.1) is 12.6 Å². The van der Waals surface area contributed by atoms with Crippen LogP contribution in [0.1, 0.15) is 45.2 Å². The van der Waals surface area contributed by atoms with E-state index in [-0.39, 0.29) is 30.1 Å². The van der Waals surface area contributed by atoms with Crippen LogP contribution in [0, 0.1) is 12.8 Å². The van der Waals surface area contributed by atoms with Crippen molar-refractivity contribution in [3.05, 3.63) is 29.3 Å². The van der Waals surface area contributed by atoms with E-state index < -0.39 is 0 Å². The summed E-state index contributed by atoms with van der Waals surface area (Å²) in [4.78, 5) is 4.39. The molecule has 1 unspecified atom stereocenters. The highest BCUT2D eigenvalue weighted by molar-refractivity contribution is 14.0. The summed E-state index contributed by atoms with van der Waals surface area (Å²) in [6.07, 6.45) is 1.18. The maximum absolute atomic E-state index is 5.98. The lowest BCUT2D eigenvalue weighted by Gasteiger charge is -2.16. The molecule has 3 N–H and O–H groups in total. The second-order valence-corrected chi connectivity index (χ2v) is 5.92. The number of ether oxygens (including phenoxy) is 1. The van der Waals surface area contributed by atoms with E-state index >= 15 is 0 Å². The molecule has 0 heterocycles. The Balaban J connectivity index is 0.00000441. The Morgan fingerprint density at radius 2 is 2.00 bits per heavy atom. The normalized spacial score (nSPS) is 12.7. The van der Waals surface area contributed by atoms with Crippen LogP contribution in [0.4, 0.5) is 0 Å². The van der Waals surface area contributed by atoms with E-state index in [1.54, 1.807) is 0 Å². The van der Waals surface area contributed by atoms with Gasteiger partial charge in [-0.2, -0.15) is 0 Å². The van der Waals surface area contributed by atoms with Crippen molar-refractivity contribution in [2.45, 2.75) is 53.7 Å². The van der Waals surface area contributed by atoms with Crippen LogP contribution in [0.5, 0.6) is 5.75 Å². The van der Waals surface area contributed by atoms with Crippen LogP contribution < -0.4 is 15.8 Å². The standard InChI is InChI=1S/C17H29N3O.HI/c1-6-14(5)21-16-9-13(4)7-8-15(16)11-20-17(18)19-10-12(2)3;/h7-9,12,14H,6,10-11H2,1-5H3,(H3,18,19,20);1H. The number of guanidine groups is 1. The lowest BCUT2D eigenvalue weighted by molar-refractivity contribution is 0.215. The molecule has 4 nitrogen and oxygen atoms in total. The molecule has 0 radical (unpaired) electrons. The number of nitrogens with two attached hydrogens (primary N) is 1. The quantitative estimate of drug-likeness (QED) is 0.401. The van der Waals surface area contributed by atoms with Crippen LogP contribution in [0.25, 0.3) is 0 Å². The fourth-order valence-corrected chi connectivity index (χ4v) is 1.74. The number of hydrogen-bond donors (Lipinski definition) is 2. The molecule has 0 aliphatic carbocycles. The molecule has 0 aromatic heterocycles. The second-order valence-electron chi connectivity index (χ2n) is 5.92. The van der Waals surface area contributed by atoms with Gasteiger partial charge in [0, 0.05) is 12.1 Å². The number of aliphatic imine (C=N–C) groups is 1. The number of halogens is 1. The maximum Gasteiger partial charge on any atom is 0.188 e. The van der Waals surface area contributed by atoms with Crippen molar-refractivity contribution >= 4 is 29.9 Å². The Hall–Kier alpha value is -0.980. The molecular weight excluding hydrogens is 389 g/mol. The molecule has 0 saturated heterocycles. The van der Waals surface area contributed by atoms with E-state index in [1.807, 2.05) is 0 Å². The second kappa shape index (κ2) is 10.7. The summed E-state index contributed by atoms with van der Waals surface area (Å²) in [6, 6.07) is 6.20. The fraction of sp³-hybridized carbons (Fsp3) is 0.588. The minimum absolute atomic E-state index is 0. The van der Waals surface area contributed by atoms with E-state index in [0.717, 1.165) is 24.3 Å². The number of rotatable bonds is 7. The molecule has 0 aliphatic rings. The highest BCUT2D eigenvalue weighted by Gasteiger charge is 2.07. The molecule has 1 aromatic rings. The first-order chi connectivity index (χ1) is 9.92. The summed E-state index contributed by atoms with van der Waals surface area (Å²) in [6.45, 7) is 11.9. The van der Waals surface area contributed by atoms with E-state index in [0.29, 0.717) is 18.4 Å². The molecule has 126 valence electrons. The molecule has 0 spiro atoms. The van der Waals surface area contributed by atoms with Crippen molar-refractivity contribution in [1.82, 2.24) is 5.32 Å². The number of benzene rings is 1. The summed E-state index contributed by atoms with van der Waals surface area (Å²) in [5.74, 6) is 1.94. The molecule has 0 aliphatic heterocycles. The zero-order chi connectivity index (χ0) is 15.8. The van der Waals surface area contributed by atoms with Crippen molar-refractivity contribution < 1.29 is 4.74 Å². The van der Waals surface area contributed by atoms with Gasteiger partial charge in [0.1, 0.15) is 5.75 Å². The van der Waals surface area contributed by atoms with Crippen LogP contribution in [-0.2, 0) is 6.54 Å². The molecule has 1 rings (SSSR count). The van der Waals surface area contributed by atoms with Gasteiger partial charge in [-0.15, -0.1) is 24.0 Å². The minimum atomic E-state index is 0. The van der Waals surface area contributed by atoms with Gasteiger partial charge < -0.3 is 15.8 Å². The molecule has 22 heavy (non-hydrogen) atoms. The average molecular weight is 419 g/mol. The van der Waals surface area contributed by atoms with Gasteiger partial charge in [0.25, 0.3) is 0 Å². The highest BCUT2D eigenvalue weighted by Crippen LogP contribution is 2.23. The average Bonchev–Trinajstić information content (AvgIpc) is 2.44. The highest BCUT2D eigenvalue weighted by atomic mass is 127. The third-order valence-corrected chi connectivity index (χ3v) is 3.24. The summed E-state index contributed by atoms with van der Waals surface area (Å²) in [5, 5.41) is 3.12. The predicted octanol–water partition coefficient (Wildman–Crippen LogP) is 3.85. The molecule has 0 fully saturated rings. The summed E-state index contributed by atoms with van der Waals surface area (Å²) in [5.41, 5.74) is 8.13. The van der Waals surface area contributed by atoms with Gasteiger partial charge in [-0.05, 0) is 37.8 Å². The first kappa shape index (κ1) is 21.0. The van der Waals surface area contributed by atoms with E-state index in [9.17, 15) is 0 Å². The van der Waals surface area contributed by atoms with Crippen LogP contribution in [0.2, 0.25) is 0 Å². The number of aryl methyl sites for hydroxylation is 1. The topological polar surface area (TPSA) is 59.6 Å². The molecule has 0 amide bonds. The van der Waals surface area contributed by atoms with Crippen molar-refractivity contribution in [2.75, 3.05) is 6.54 Å². The van der Waals surface area contributed by atoms with E-state index in [2.05, 4.69) is 63.1 Å². The van der Waals surface area contributed by atoms with E-state index in [1.165, 1.54) is 5.56 Å². The minimum Gasteiger partial charge on any atom is -0.490 e. The van der Waals surface area contributed by atoms with Crippen molar-refractivity contribution in [3.63, 3.8) is 0 Å². The molecule has 5 heteroatoms. The Morgan fingerprint density at radius 1 is 1.32 bits per heavy atom. The predicted molar refractivity (Wildman–Crippen MR) is 105 cm³/mol. The van der Waals surface area contributed by atoms with Crippen LogP contribution >= 0.6 is 24.0 Å². The van der Waals surface area contributed by atoms with Crippen LogP contribution in [0.15, 0.2) is 23.2 Å². The van der Waals surface area contributed by atoms with Crippen molar-refractivity contribution in [3.8, 4) is 5.75 Å². The fourth-order valence-electron chi connectivity index (χ4n) is 1.74. The zero-order valence-electron chi connectivity index (χ0n) is 14.3. The van der Waals surface area contributed by atoms with E-state index in [4.69, 9.17) is 10.5 Å². The largest absolute Gasteiger partial charge is 0.490 e. The van der Waals surface area contributed by atoms with Crippen LogP contribution in [0.3, 0.4) is 0 Å². The number of hydrogen-bond acceptors (Lipinski definition) is 2. The number of nitrogens with zero attached hydrogens (tertiary/aromatic N) is 1. The lowest BCUT2D eigenvalue weighted by Crippen LogP contribution is -2.34. The first-order valence-electron chi connectivity index (χ1n) is 7.72. The van der Waals surface area contributed by atoms with Gasteiger partial charge in [-0.1, -0.05) is 32.9 Å². The Labute approximate surface area is 151 Å². The van der Waals surface area contributed by atoms with Crippen molar-refractivity contribution in [1.29, 1.82) is 0 Å². The monoisotopic (exact) mass is 419 g/mol. The molecular formula is C17H30IN3O.